The molecule has 9 nitrogen and oxygen atoms in total. The lowest BCUT2D eigenvalue weighted by Crippen LogP contribution is -2.68. The number of piperidine rings is 3. The Hall–Kier alpha value is -1.71. The lowest BCUT2D eigenvalue weighted by Gasteiger charge is -2.47. The fourth-order valence-electron chi connectivity index (χ4n) is 6.02. The summed E-state index contributed by atoms with van der Waals surface area (Å²) >= 11 is 0. The number of guanidine groups is 3. The fourth-order valence-corrected chi connectivity index (χ4v) is 6.02. The van der Waals surface area contributed by atoms with Crippen molar-refractivity contribution >= 4 is 17.9 Å². The van der Waals surface area contributed by atoms with Crippen LogP contribution in [0.2, 0.25) is 0 Å². The van der Waals surface area contributed by atoms with Gasteiger partial charge >= 0.3 is 0 Å². The third-order valence-electron chi connectivity index (χ3n) is 7.24. The first kappa shape index (κ1) is 15.2. The van der Waals surface area contributed by atoms with Crippen molar-refractivity contribution in [2.24, 2.45) is 15.0 Å². The highest BCUT2D eigenvalue weighted by atomic mass is 15.7. The second kappa shape index (κ2) is 5.42. The summed E-state index contributed by atoms with van der Waals surface area (Å²) < 4.78 is 0. The number of fused-ring (bicyclic) bond motifs is 12. The van der Waals surface area contributed by atoms with Crippen molar-refractivity contribution in [2.45, 2.75) is 75.1 Å². The average molecular weight is 369 g/mol. The van der Waals surface area contributed by atoms with E-state index >= 15 is 0 Å². The molecule has 0 aromatic rings. The summed E-state index contributed by atoms with van der Waals surface area (Å²) in [5.41, 5.74) is 0. The molecule has 0 radical (unpaired) electrons. The van der Waals surface area contributed by atoms with E-state index in [0.29, 0.717) is 18.1 Å². The van der Waals surface area contributed by atoms with Gasteiger partial charge in [0.1, 0.15) is 18.5 Å². The summed E-state index contributed by atoms with van der Waals surface area (Å²) in [6, 6.07) is 1.15. The first-order chi connectivity index (χ1) is 13.4. The van der Waals surface area contributed by atoms with Crippen LogP contribution in [0.4, 0.5) is 0 Å². The van der Waals surface area contributed by atoms with E-state index in [-0.39, 0.29) is 18.5 Å². The first-order valence-electron chi connectivity index (χ1n) is 10.7. The van der Waals surface area contributed by atoms with Crippen LogP contribution < -0.4 is 16.0 Å². The quantitative estimate of drug-likeness (QED) is 0.521. The molecular formula is C18H27N9. The van der Waals surface area contributed by atoms with Gasteiger partial charge in [-0.25, -0.2) is 15.0 Å². The molecule has 7 aliphatic heterocycles. The van der Waals surface area contributed by atoms with Gasteiger partial charge in [0.25, 0.3) is 0 Å². The predicted octanol–water partition coefficient (Wildman–Crippen LogP) is -0.751. The van der Waals surface area contributed by atoms with E-state index in [4.69, 9.17) is 15.0 Å². The number of rotatable bonds is 0. The monoisotopic (exact) mass is 369 g/mol. The van der Waals surface area contributed by atoms with Gasteiger partial charge in [0.2, 0.25) is 17.9 Å². The molecule has 144 valence electrons. The summed E-state index contributed by atoms with van der Waals surface area (Å²) in [4.78, 5) is 22.8. The van der Waals surface area contributed by atoms with Crippen LogP contribution in [0.3, 0.4) is 0 Å². The topological polar surface area (TPSA) is 82.9 Å². The molecule has 7 aliphatic rings. The van der Waals surface area contributed by atoms with E-state index in [1.165, 1.54) is 38.5 Å². The smallest absolute Gasteiger partial charge is 0.212 e. The van der Waals surface area contributed by atoms with Crippen molar-refractivity contribution in [3.63, 3.8) is 0 Å². The van der Waals surface area contributed by atoms with Gasteiger partial charge in [0.15, 0.2) is 0 Å². The summed E-state index contributed by atoms with van der Waals surface area (Å²) in [7, 11) is 0. The van der Waals surface area contributed by atoms with Crippen molar-refractivity contribution in [3.05, 3.63) is 0 Å². The molecule has 0 saturated carbocycles. The Kier molecular flexibility index (Phi) is 3.06. The average Bonchev–Trinajstić information content (AvgIpc) is 3.38. The maximum atomic E-state index is 5.16. The zero-order chi connectivity index (χ0) is 17.5. The maximum Gasteiger partial charge on any atom is 0.212 e. The van der Waals surface area contributed by atoms with E-state index < -0.39 is 0 Å². The van der Waals surface area contributed by atoms with Crippen molar-refractivity contribution in [3.8, 4) is 0 Å². The Balaban J connectivity index is 1.37. The second-order valence-electron chi connectivity index (χ2n) is 8.72. The molecule has 0 bridgehead atoms. The third-order valence-corrected chi connectivity index (χ3v) is 7.24. The van der Waals surface area contributed by atoms with Gasteiger partial charge in [0, 0.05) is 0 Å². The van der Waals surface area contributed by atoms with Crippen molar-refractivity contribution in [2.75, 3.05) is 19.6 Å². The summed E-state index contributed by atoms with van der Waals surface area (Å²) in [6.07, 6.45) is 7.68. The highest BCUT2D eigenvalue weighted by molar-refractivity contribution is 6.19. The number of hydrogen-bond donors (Lipinski definition) is 3. The molecule has 7 rings (SSSR count). The van der Waals surface area contributed by atoms with Crippen LogP contribution >= 0.6 is 0 Å². The number of nitrogens with one attached hydrogen (secondary N) is 3. The van der Waals surface area contributed by atoms with Crippen molar-refractivity contribution < 1.29 is 0 Å². The molecule has 6 unspecified atom stereocenters. The van der Waals surface area contributed by atoms with Crippen LogP contribution in [0.25, 0.3) is 0 Å². The molecule has 0 spiro atoms. The van der Waals surface area contributed by atoms with E-state index in [0.717, 1.165) is 37.5 Å². The number of nitrogens with zero attached hydrogens (tertiary/aromatic N) is 6. The second-order valence-corrected chi connectivity index (χ2v) is 8.72. The summed E-state index contributed by atoms with van der Waals surface area (Å²) in [5.74, 6) is 3.26. The number of hydrogen-bond acceptors (Lipinski definition) is 9. The lowest BCUT2D eigenvalue weighted by molar-refractivity contribution is 0.216. The Labute approximate surface area is 159 Å². The Morgan fingerprint density at radius 3 is 1.22 bits per heavy atom. The molecule has 0 aliphatic carbocycles. The molecule has 9 heteroatoms. The normalized spacial score (nSPS) is 44.4. The molecule has 0 aromatic carbocycles. The molecule has 7 heterocycles. The molecule has 6 atom stereocenters. The largest absolute Gasteiger partial charge is 0.294 e. The van der Waals surface area contributed by atoms with Gasteiger partial charge in [-0.1, -0.05) is 0 Å². The summed E-state index contributed by atoms with van der Waals surface area (Å²) in [6.45, 7) is 3.18. The van der Waals surface area contributed by atoms with Gasteiger partial charge in [-0.15, -0.1) is 0 Å². The summed E-state index contributed by atoms with van der Waals surface area (Å²) in [5, 5.41) is 10.9. The van der Waals surface area contributed by atoms with Crippen LogP contribution in [0.1, 0.15) is 38.5 Å². The van der Waals surface area contributed by atoms with Crippen LogP contribution in [0.15, 0.2) is 15.0 Å². The van der Waals surface area contributed by atoms with E-state index in [2.05, 4.69) is 30.7 Å². The van der Waals surface area contributed by atoms with Gasteiger partial charge in [-0.05, 0) is 58.2 Å². The zero-order valence-electron chi connectivity index (χ0n) is 15.5. The molecule has 4 fully saturated rings. The minimum atomic E-state index is 0.184. The third kappa shape index (κ3) is 1.92. The van der Waals surface area contributed by atoms with Crippen molar-refractivity contribution in [1.29, 1.82) is 0 Å². The highest BCUT2D eigenvalue weighted by Gasteiger charge is 2.58. The van der Waals surface area contributed by atoms with Gasteiger partial charge in [0.05, 0.1) is 18.1 Å². The Morgan fingerprint density at radius 2 is 0.889 bits per heavy atom. The van der Waals surface area contributed by atoms with Gasteiger partial charge in [-0.3, -0.25) is 30.7 Å². The van der Waals surface area contributed by atoms with Crippen LogP contribution in [0, 0.1) is 0 Å². The van der Waals surface area contributed by atoms with E-state index in [9.17, 15) is 0 Å². The van der Waals surface area contributed by atoms with E-state index in [1.807, 2.05) is 0 Å². The molecular weight excluding hydrogens is 342 g/mol. The van der Waals surface area contributed by atoms with E-state index in [1.54, 1.807) is 0 Å². The van der Waals surface area contributed by atoms with Crippen LogP contribution in [-0.4, -0.2) is 88.8 Å². The first-order valence-corrected chi connectivity index (χ1v) is 10.7. The molecule has 27 heavy (non-hydrogen) atoms. The SMILES string of the molecule is C1CNC2N=C3N(C4=NC5NCCCC5N4C4=NC5NCCCC5N34)C2C1. The number of aliphatic imine (C=N–C) groups is 3. The molecule has 0 aromatic heterocycles. The predicted molar refractivity (Wildman–Crippen MR) is 102 cm³/mol. The fraction of sp³-hybridized carbons (Fsp3) is 0.833. The molecule has 4 saturated heterocycles. The highest BCUT2D eigenvalue weighted by Crippen LogP contribution is 2.40. The zero-order valence-corrected chi connectivity index (χ0v) is 15.5. The maximum absolute atomic E-state index is 5.16. The molecule has 0 amide bonds. The Bertz CT molecular complexity index is 642. The van der Waals surface area contributed by atoms with Gasteiger partial charge < -0.3 is 0 Å². The Morgan fingerprint density at radius 1 is 0.556 bits per heavy atom. The minimum absolute atomic E-state index is 0.184. The van der Waals surface area contributed by atoms with Gasteiger partial charge in [-0.2, -0.15) is 0 Å². The van der Waals surface area contributed by atoms with Crippen LogP contribution in [0.5, 0.6) is 0 Å². The minimum Gasteiger partial charge on any atom is -0.294 e. The van der Waals surface area contributed by atoms with Crippen LogP contribution in [-0.2, 0) is 0 Å². The lowest BCUT2D eigenvalue weighted by atomic mass is 10.0. The molecule has 3 N–H and O–H groups in total. The standard InChI is InChI=1S/C18H27N9/c1-4-10-13(19-7-1)22-16-25(10)17-23-14-11(5-2-8-20-14)27(17)18-24-15-12(26(16)18)6-3-9-21-15/h10-15,19-21H,1-9H2. The van der Waals surface area contributed by atoms with Crippen molar-refractivity contribution in [1.82, 2.24) is 30.7 Å².